The topological polar surface area (TPSA) is 26.0 Å². The van der Waals surface area contributed by atoms with Crippen molar-refractivity contribution in [3.05, 3.63) is 59.2 Å². The zero-order valence-corrected chi connectivity index (χ0v) is 11.5. The number of benzene rings is 2. The number of hydrogen-bond acceptors (Lipinski definition) is 1. The number of hydrogen-bond donors (Lipinski definition) is 1. The molecule has 0 fully saturated rings. The van der Waals surface area contributed by atoms with Crippen LogP contribution in [0.15, 0.2) is 42.5 Å². The highest BCUT2D eigenvalue weighted by atomic mass is 14.6. The third kappa shape index (κ3) is 2.31. The first kappa shape index (κ1) is 12.4. The van der Waals surface area contributed by atoms with Crippen LogP contribution in [0.4, 0.5) is 0 Å². The summed E-state index contributed by atoms with van der Waals surface area (Å²) in [7, 11) is 0. The van der Waals surface area contributed by atoms with Crippen molar-refractivity contribution < 1.29 is 0 Å². The first-order valence-electron chi connectivity index (χ1n) is 7.26. The van der Waals surface area contributed by atoms with E-state index >= 15 is 0 Å². The van der Waals surface area contributed by atoms with Gasteiger partial charge < -0.3 is 5.73 Å². The first-order chi connectivity index (χ1) is 9.29. The normalized spacial score (nSPS) is 17.5. The molecule has 19 heavy (non-hydrogen) atoms. The third-order valence-corrected chi connectivity index (χ3v) is 4.12. The molecule has 0 spiro atoms. The van der Waals surface area contributed by atoms with Crippen LogP contribution in [0.2, 0.25) is 0 Å². The van der Waals surface area contributed by atoms with E-state index in [0.717, 1.165) is 19.3 Å². The van der Waals surface area contributed by atoms with E-state index in [4.69, 9.17) is 5.73 Å². The molecular formula is C18H21N. The molecule has 3 rings (SSSR count). The Balaban J connectivity index is 1.99. The van der Waals surface area contributed by atoms with Gasteiger partial charge in [-0.2, -0.15) is 0 Å². The predicted octanol–water partition coefficient (Wildman–Crippen LogP) is 4.25. The lowest BCUT2D eigenvalue weighted by atomic mass is 9.95. The second-order valence-electron chi connectivity index (χ2n) is 5.47. The molecule has 1 aliphatic carbocycles. The quantitative estimate of drug-likeness (QED) is 0.867. The predicted molar refractivity (Wildman–Crippen MR) is 81.1 cm³/mol. The Bertz CT molecular complexity index is 569. The lowest BCUT2D eigenvalue weighted by Crippen LogP contribution is -2.04. The van der Waals surface area contributed by atoms with Crippen LogP contribution in [-0.2, 0) is 12.8 Å². The maximum Gasteiger partial charge on any atom is 0.0300 e. The minimum Gasteiger partial charge on any atom is -0.324 e. The lowest BCUT2D eigenvalue weighted by Gasteiger charge is -2.10. The molecule has 2 aromatic rings. The molecule has 0 heterocycles. The fourth-order valence-corrected chi connectivity index (χ4v) is 3.10. The molecule has 0 saturated heterocycles. The van der Waals surface area contributed by atoms with E-state index in [9.17, 15) is 0 Å². The van der Waals surface area contributed by atoms with Gasteiger partial charge in [0.05, 0.1) is 0 Å². The molecule has 1 nitrogen and oxygen atoms in total. The van der Waals surface area contributed by atoms with Crippen LogP contribution in [0.3, 0.4) is 0 Å². The molecule has 0 bridgehead atoms. The van der Waals surface area contributed by atoms with Crippen LogP contribution in [0.25, 0.3) is 11.1 Å². The Kier molecular flexibility index (Phi) is 3.39. The molecule has 0 aromatic heterocycles. The van der Waals surface area contributed by atoms with Crippen molar-refractivity contribution in [2.75, 3.05) is 0 Å². The summed E-state index contributed by atoms with van der Waals surface area (Å²) in [6.07, 6.45) is 4.57. The van der Waals surface area contributed by atoms with Crippen LogP contribution in [0, 0.1) is 0 Å². The van der Waals surface area contributed by atoms with E-state index in [0.29, 0.717) is 0 Å². The molecule has 1 aliphatic rings. The van der Waals surface area contributed by atoms with E-state index < -0.39 is 0 Å². The van der Waals surface area contributed by atoms with E-state index in [1.165, 1.54) is 34.2 Å². The van der Waals surface area contributed by atoms with Crippen LogP contribution in [-0.4, -0.2) is 0 Å². The molecule has 98 valence electrons. The van der Waals surface area contributed by atoms with Gasteiger partial charge in [0, 0.05) is 6.04 Å². The second-order valence-corrected chi connectivity index (χ2v) is 5.47. The summed E-state index contributed by atoms with van der Waals surface area (Å²) in [6, 6.07) is 15.8. The largest absolute Gasteiger partial charge is 0.324 e. The minimum atomic E-state index is 0.231. The van der Waals surface area contributed by atoms with E-state index in [-0.39, 0.29) is 6.04 Å². The van der Waals surface area contributed by atoms with Crippen LogP contribution in [0.1, 0.15) is 42.5 Å². The highest BCUT2D eigenvalue weighted by molar-refractivity contribution is 5.70. The van der Waals surface area contributed by atoms with Crippen LogP contribution < -0.4 is 5.73 Å². The number of nitrogens with two attached hydrogens (primary N) is 1. The Morgan fingerprint density at radius 1 is 1.11 bits per heavy atom. The maximum absolute atomic E-state index is 6.16. The van der Waals surface area contributed by atoms with Gasteiger partial charge in [-0.15, -0.1) is 0 Å². The Hall–Kier alpha value is -1.60. The molecule has 1 atom stereocenters. The SMILES string of the molecule is CCCc1ccc(-c2cccc3c2CCC3N)cc1. The first-order valence-corrected chi connectivity index (χ1v) is 7.26. The van der Waals surface area contributed by atoms with Crippen molar-refractivity contribution in [3.8, 4) is 11.1 Å². The van der Waals surface area contributed by atoms with Crippen molar-refractivity contribution in [3.63, 3.8) is 0 Å². The summed E-state index contributed by atoms with van der Waals surface area (Å²) >= 11 is 0. The fraction of sp³-hybridized carbons (Fsp3) is 0.333. The summed E-state index contributed by atoms with van der Waals surface area (Å²) in [4.78, 5) is 0. The van der Waals surface area contributed by atoms with E-state index in [1.54, 1.807) is 0 Å². The standard InChI is InChI=1S/C18H21N/c1-2-4-13-7-9-14(10-8-13)15-5-3-6-17-16(15)11-12-18(17)19/h3,5-10,18H,2,4,11-12,19H2,1H3. The van der Waals surface area contributed by atoms with Gasteiger partial charge in [-0.1, -0.05) is 55.8 Å². The molecule has 0 aliphatic heterocycles. The highest BCUT2D eigenvalue weighted by Gasteiger charge is 2.21. The highest BCUT2D eigenvalue weighted by Crippen LogP contribution is 2.36. The smallest absolute Gasteiger partial charge is 0.0300 e. The summed E-state index contributed by atoms with van der Waals surface area (Å²) in [5.41, 5.74) is 13.1. The summed E-state index contributed by atoms with van der Waals surface area (Å²) in [5, 5.41) is 0. The Morgan fingerprint density at radius 3 is 2.63 bits per heavy atom. The van der Waals surface area contributed by atoms with Crippen molar-refractivity contribution in [1.29, 1.82) is 0 Å². The average molecular weight is 251 g/mol. The number of fused-ring (bicyclic) bond motifs is 1. The molecule has 1 unspecified atom stereocenters. The molecule has 0 radical (unpaired) electrons. The second kappa shape index (κ2) is 5.18. The third-order valence-electron chi connectivity index (χ3n) is 4.12. The molecule has 0 amide bonds. The van der Waals surface area contributed by atoms with Gasteiger partial charge in [0.1, 0.15) is 0 Å². The van der Waals surface area contributed by atoms with Crippen LogP contribution in [0.5, 0.6) is 0 Å². The van der Waals surface area contributed by atoms with Gasteiger partial charge in [0.25, 0.3) is 0 Å². The van der Waals surface area contributed by atoms with Gasteiger partial charge in [0.15, 0.2) is 0 Å². The van der Waals surface area contributed by atoms with Crippen molar-refractivity contribution in [2.45, 2.75) is 38.6 Å². The van der Waals surface area contributed by atoms with Gasteiger partial charge >= 0.3 is 0 Å². The van der Waals surface area contributed by atoms with Gasteiger partial charge in [0.2, 0.25) is 0 Å². The van der Waals surface area contributed by atoms with Crippen molar-refractivity contribution in [2.24, 2.45) is 5.73 Å². The maximum atomic E-state index is 6.16. The van der Waals surface area contributed by atoms with Gasteiger partial charge in [-0.25, -0.2) is 0 Å². The van der Waals surface area contributed by atoms with Gasteiger partial charge in [-0.3, -0.25) is 0 Å². The zero-order valence-electron chi connectivity index (χ0n) is 11.5. The number of rotatable bonds is 3. The molecule has 1 heteroatoms. The zero-order chi connectivity index (χ0) is 13.2. The van der Waals surface area contributed by atoms with Crippen molar-refractivity contribution in [1.82, 2.24) is 0 Å². The van der Waals surface area contributed by atoms with E-state index in [2.05, 4.69) is 49.4 Å². The average Bonchev–Trinajstić information content (AvgIpc) is 2.82. The summed E-state index contributed by atoms with van der Waals surface area (Å²) < 4.78 is 0. The van der Waals surface area contributed by atoms with Crippen molar-refractivity contribution >= 4 is 0 Å². The van der Waals surface area contributed by atoms with Crippen LogP contribution >= 0.6 is 0 Å². The molecule has 2 aromatic carbocycles. The summed E-state index contributed by atoms with van der Waals surface area (Å²) in [6.45, 7) is 2.22. The Morgan fingerprint density at radius 2 is 1.89 bits per heavy atom. The molecular weight excluding hydrogens is 230 g/mol. The molecule has 2 N–H and O–H groups in total. The Labute approximate surface area is 115 Å². The summed E-state index contributed by atoms with van der Waals surface area (Å²) in [5.74, 6) is 0. The van der Waals surface area contributed by atoms with Gasteiger partial charge in [-0.05, 0) is 47.1 Å². The lowest BCUT2D eigenvalue weighted by molar-refractivity contribution is 0.713. The number of aryl methyl sites for hydroxylation is 1. The fourth-order valence-electron chi connectivity index (χ4n) is 3.10. The minimum absolute atomic E-state index is 0.231. The monoisotopic (exact) mass is 251 g/mol. The van der Waals surface area contributed by atoms with E-state index in [1.807, 2.05) is 0 Å². The molecule has 0 saturated carbocycles.